The van der Waals surface area contributed by atoms with Crippen molar-refractivity contribution in [2.45, 2.75) is 52.4 Å². The molecule has 2 aromatic rings. The van der Waals surface area contributed by atoms with Gasteiger partial charge < -0.3 is 0 Å². The molecule has 0 radical (unpaired) electrons. The second-order valence-corrected chi connectivity index (χ2v) is 9.43. The van der Waals surface area contributed by atoms with Gasteiger partial charge in [0.2, 0.25) is 0 Å². The Hall–Kier alpha value is -1.00. The molecule has 1 heterocycles. The Bertz CT molecular complexity index is 516. The van der Waals surface area contributed by atoms with Crippen LogP contribution in [-0.4, -0.2) is 0 Å². The zero-order chi connectivity index (χ0) is 14.3. The highest BCUT2D eigenvalue weighted by atomic mass is 31.1. The zero-order valence-corrected chi connectivity index (χ0v) is 13.9. The molecule has 1 heteroatoms. The Labute approximate surface area is 118 Å². The van der Waals surface area contributed by atoms with Crippen molar-refractivity contribution in [1.29, 1.82) is 0 Å². The summed E-state index contributed by atoms with van der Waals surface area (Å²) in [6.45, 7) is 14.0. The van der Waals surface area contributed by atoms with Crippen LogP contribution in [0.4, 0.5) is 0 Å². The standard InChI is InChI=1S/C18H25P/c1-17(2,3)15-12-13-16(18(4,5)6)19(15)14-10-8-7-9-11-14/h7-13H,1-6H3. The largest absolute Gasteiger partial charge is 0.0857 e. The van der Waals surface area contributed by atoms with Crippen LogP contribution >= 0.6 is 7.53 Å². The van der Waals surface area contributed by atoms with E-state index in [0.717, 1.165) is 0 Å². The first-order valence-electron chi connectivity index (χ1n) is 6.99. The van der Waals surface area contributed by atoms with E-state index in [1.165, 1.54) is 5.30 Å². The minimum Gasteiger partial charge on any atom is -0.0857 e. The SMILES string of the molecule is CC(C)(C)c1ccc(C(C)(C)C)p1-c1ccccc1. The summed E-state index contributed by atoms with van der Waals surface area (Å²) in [6.07, 6.45) is 0. The summed E-state index contributed by atoms with van der Waals surface area (Å²) in [4.78, 5) is 0. The van der Waals surface area contributed by atoms with Crippen molar-refractivity contribution >= 4 is 7.53 Å². The topological polar surface area (TPSA) is 0 Å². The molecule has 0 bridgehead atoms. The number of hydrogen-bond donors (Lipinski definition) is 0. The Kier molecular flexibility index (Phi) is 3.67. The molecule has 0 aliphatic carbocycles. The van der Waals surface area contributed by atoms with E-state index in [9.17, 15) is 0 Å². The number of rotatable bonds is 1. The summed E-state index contributed by atoms with van der Waals surface area (Å²) in [5.41, 5.74) is 0.482. The highest BCUT2D eigenvalue weighted by molar-refractivity contribution is 7.58. The normalized spacial score (nSPS) is 12.7. The highest BCUT2D eigenvalue weighted by Gasteiger charge is 2.26. The molecular weight excluding hydrogens is 247 g/mol. The molecule has 19 heavy (non-hydrogen) atoms. The van der Waals surface area contributed by atoms with Crippen LogP contribution < -0.4 is 0 Å². The molecule has 0 nitrogen and oxygen atoms in total. The third-order valence-electron chi connectivity index (χ3n) is 3.43. The van der Waals surface area contributed by atoms with Gasteiger partial charge in [-0.05, 0) is 26.7 Å². The lowest BCUT2D eigenvalue weighted by Gasteiger charge is -2.25. The van der Waals surface area contributed by atoms with Gasteiger partial charge in [-0.25, -0.2) is 0 Å². The van der Waals surface area contributed by atoms with Crippen molar-refractivity contribution in [1.82, 2.24) is 0 Å². The summed E-state index contributed by atoms with van der Waals surface area (Å²) in [7, 11) is -0.321. The van der Waals surface area contributed by atoms with Crippen LogP contribution in [0.3, 0.4) is 0 Å². The Morgan fingerprint density at radius 1 is 0.632 bits per heavy atom. The van der Waals surface area contributed by atoms with Gasteiger partial charge in [-0.2, -0.15) is 0 Å². The lowest BCUT2D eigenvalue weighted by molar-refractivity contribution is 0.601. The molecule has 0 aliphatic heterocycles. The average molecular weight is 272 g/mol. The third kappa shape index (κ3) is 2.95. The second-order valence-electron chi connectivity index (χ2n) is 7.27. The van der Waals surface area contributed by atoms with Gasteiger partial charge >= 0.3 is 0 Å². The van der Waals surface area contributed by atoms with E-state index >= 15 is 0 Å². The average Bonchev–Trinajstić information content (AvgIpc) is 2.73. The van der Waals surface area contributed by atoms with Gasteiger partial charge in [0.1, 0.15) is 0 Å². The van der Waals surface area contributed by atoms with Gasteiger partial charge in [0, 0.05) is 0 Å². The van der Waals surface area contributed by atoms with Crippen LogP contribution in [0, 0.1) is 0 Å². The summed E-state index contributed by atoms with van der Waals surface area (Å²) >= 11 is 0. The summed E-state index contributed by atoms with van der Waals surface area (Å²) in [5, 5.41) is 4.68. The number of benzene rings is 1. The van der Waals surface area contributed by atoms with E-state index in [1.807, 2.05) is 0 Å². The van der Waals surface area contributed by atoms with Crippen LogP contribution in [0.15, 0.2) is 42.5 Å². The van der Waals surface area contributed by atoms with Gasteiger partial charge in [-0.3, -0.25) is 0 Å². The lowest BCUT2D eigenvalue weighted by Crippen LogP contribution is -2.11. The Balaban J connectivity index is 2.71. The summed E-state index contributed by atoms with van der Waals surface area (Å²) < 4.78 is 0. The van der Waals surface area contributed by atoms with Crippen molar-refractivity contribution in [2.24, 2.45) is 0 Å². The lowest BCUT2D eigenvalue weighted by atomic mass is 9.93. The molecule has 102 valence electrons. The Morgan fingerprint density at radius 2 is 1.05 bits per heavy atom. The molecule has 0 amide bonds. The minimum atomic E-state index is -0.321. The first-order chi connectivity index (χ1) is 8.71. The minimum absolute atomic E-state index is 0.241. The molecular formula is C18H25P. The van der Waals surface area contributed by atoms with Gasteiger partial charge in [0.25, 0.3) is 0 Å². The quantitative estimate of drug-likeness (QED) is 0.575. The van der Waals surface area contributed by atoms with Crippen molar-refractivity contribution in [2.75, 3.05) is 0 Å². The van der Waals surface area contributed by atoms with Gasteiger partial charge in [-0.15, -0.1) is 0 Å². The number of hydrogen-bond acceptors (Lipinski definition) is 0. The molecule has 0 atom stereocenters. The second kappa shape index (κ2) is 4.84. The Morgan fingerprint density at radius 3 is 1.42 bits per heavy atom. The van der Waals surface area contributed by atoms with E-state index < -0.39 is 0 Å². The maximum Gasteiger partial charge on any atom is -0.00164 e. The molecule has 0 N–H and O–H groups in total. The molecule has 0 unspecified atom stereocenters. The van der Waals surface area contributed by atoms with E-state index in [-0.39, 0.29) is 18.4 Å². The molecule has 0 spiro atoms. The van der Waals surface area contributed by atoms with Crippen LogP contribution in [-0.2, 0) is 10.8 Å². The molecule has 0 aliphatic rings. The van der Waals surface area contributed by atoms with Crippen LogP contribution in [0.1, 0.15) is 52.1 Å². The zero-order valence-electron chi connectivity index (χ0n) is 13.0. The highest BCUT2D eigenvalue weighted by Crippen LogP contribution is 2.55. The summed E-state index contributed by atoms with van der Waals surface area (Å²) in [6, 6.07) is 15.8. The van der Waals surface area contributed by atoms with E-state index in [0.29, 0.717) is 0 Å². The van der Waals surface area contributed by atoms with Gasteiger partial charge in [0.05, 0.1) is 0 Å². The first kappa shape index (κ1) is 14.4. The van der Waals surface area contributed by atoms with Crippen molar-refractivity contribution < 1.29 is 0 Å². The molecule has 1 aromatic heterocycles. The van der Waals surface area contributed by atoms with Crippen molar-refractivity contribution in [3.05, 3.63) is 53.1 Å². The summed E-state index contributed by atoms with van der Waals surface area (Å²) in [5.74, 6) is 0. The maximum absolute atomic E-state index is 2.37. The molecule has 1 aromatic carbocycles. The fourth-order valence-corrected chi connectivity index (χ4v) is 5.54. The first-order valence-corrected chi connectivity index (χ1v) is 8.33. The van der Waals surface area contributed by atoms with Crippen LogP contribution in [0.2, 0.25) is 0 Å². The van der Waals surface area contributed by atoms with E-state index in [2.05, 4.69) is 84.0 Å². The van der Waals surface area contributed by atoms with Crippen molar-refractivity contribution in [3.8, 4) is 5.30 Å². The molecule has 0 saturated carbocycles. The predicted octanol–water partition coefficient (Wildman–Crippen LogP) is 6.26. The maximum atomic E-state index is 2.37. The van der Waals surface area contributed by atoms with Gasteiger partial charge in [0.15, 0.2) is 0 Å². The predicted molar refractivity (Wildman–Crippen MR) is 87.9 cm³/mol. The van der Waals surface area contributed by atoms with Crippen molar-refractivity contribution in [3.63, 3.8) is 0 Å². The smallest absolute Gasteiger partial charge is 0.00164 e. The molecule has 0 fully saturated rings. The monoisotopic (exact) mass is 272 g/mol. The van der Waals surface area contributed by atoms with Crippen LogP contribution in [0.25, 0.3) is 5.30 Å². The fourth-order valence-electron chi connectivity index (χ4n) is 2.46. The fraction of sp³-hybridized carbons (Fsp3) is 0.444. The molecule has 2 rings (SSSR count). The molecule has 0 saturated heterocycles. The van der Waals surface area contributed by atoms with E-state index in [1.54, 1.807) is 10.6 Å². The van der Waals surface area contributed by atoms with Crippen LogP contribution in [0.5, 0.6) is 0 Å². The van der Waals surface area contributed by atoms with E-state index in [4.69, 9.17) is 0 Å². The third-order valence-corrected chi connectivity index (χ3v) is 6.85. The van der Waals surface area contributed by atoms with Gasteiger partial charge in [-0.1, -0.05) is 91.5 Å².